The lowest BCUT2D eigenvalue weighted by Crippen LogP contribution is -1.98. The lowest BCUT2D eigenvalue weighted by Gasteiger charge is -2.03. The summed E-state index contributed by atoms with van der Waals surface area (Å²) in [5.74, 6) is 1.62. The molecule has 1 rings (SSSR count). The highest BCUT2D eigenvalue weighted by molar-refractivity contribution is 7.80. The summed E-state index contributed by atoms with van der Waals surface area (Å²) in [5, 5.41) is 1.16. The van der Waals surface area contributed by atoms with Crippen molar-refractivity contribution in [2.45, 2.75) is 20.3 Å². The van der Waals surface area contributed by atoms with Crippen LogP contribution in [0.5, 0.6) is 0 Å². The fraction of sp³-hybridized carbons (Fsp3) is 0.625. The first-order valence-corrected chi connectivity index (χ1v) is 5.19. The SMILES string of the molecule is Cc1ncc(C[C@H](C)CS)s1. The van der Waals surface area contributed by atoms with Crippen molar-refractivity contribution in [2.24, 2.45) is 5.92 Å². The number of thiol groups is 1. The quantitative estimate of drug-likeness (QED) is 0.718. The maximum absolute atomic E-state index is 4.24. The molecule has 0 unspecified atom stereocenters. The van der Waals surface area contributed by atoms with Crippen molar-refractivity contribution in [3.8, 4) is 0 Å². The smallest absolute Gasteiger partial charge is 0.0896 e. The topological polar surface area (TPSA) is 12.9 Å². The van der Waals surface area contributed by atoms with Crippen LogP contribution in [0.1, 0.15) is 16.8 Å². The van der Waals surface area contributed by atoms with Crippen LogP contribution in [0.3, 0.4) is 0 Å². The average molecular weight is 187 g/mol. The summed E-state index contributed by atoms with van der Waals surface area (Å²) in [7, 11) is 0. The molecule has 62 valence electrons. The number of thiazole rings is 1. The number of hydrogen-bond donors (Lipinski definition) is 1. The minimum absolute atomic E-state index is 0.665. The van der Waals surface area contributed by atoms with Crippen LogP contribution < -0.4 is 0 Å². The minimum Gasteiger partial charge on any atom is -0.250 e. The molecule has 11 heavy (non-hydrogen) atoms. The van der Waals surface area contributed by atoms with E-state index in [2.05, 4.69) is 24.5 Å². The molecule has 1 atom stereocenters. The van der Waals surface area contributed by atoms with Crippen molar-refractivity contribution in [1.29, 1.82) is 0 Å². The van der Waals surface area contributed by atoms with Gasteiger partial charge in [0.05, 0.1) is 5.01 Å². The van der Waals surface area contributed by atoms with E-state index in [9.17, 15) is 0 Å². The molecule has 0 bridgehead atoms. The first kappa shape index (κ1) is 9.07. The van der Waals surface area contributed by atoms with Gasteiger partial charge in [-0.2, -0.15) is 12.6 Å². The molecule has 1 nitrogen and oxygen atoms in total. The monoisotopic (exact) mass is 187 g/mol. The standard InChI is InChI=1S/C8H13NS2/c1-6(5-10)3-8-4-9-7(2)11-8/h4,6,10H,3,5H2,1-2H3/t6-/m0/s1. The third kappa shape index (κ3) is 2.83. The third-order valence-electron chi connectivity index (χ3n) is 1.53. The predicted molar refractivity (Wildman–Crippen MR) is 53.6 cm³/mol. The molecule has 0 fully saturated rings. The Hall–Kier alpha value is -0.0200. The van der Waals surface area contributed by atoms with Crippen molar-refractivity contribution in [3.05, 3.63) is 16.1 Å². The molecule has 0 amide bonds. The second kappa shape index (κ2) is 4.12. The molecule has 3 heteroatoms. The highest BCUT2D eigenvalue weighted by Crippen LogP contribution is 2.16. The van der Waals surface area contributed by atoms with Gasteiger partial charge in [0.15, 0.2) is 0 Å². The van der Waals surface area contributed by atoms with E-state index in [1.165, 1.54) is 4.88 Å². The van der Waals surface area contributed by atoms with Crippen LogP contribution in [0.15, 0.2) is 6.20 Å². The zero-order valence-electron chi connectivity index (χ0n) is 6.87. The van der Waals surface area contributed by atoms with Crippen molar-refractivity contribution < 1.29 is 0 Å². The molecule has 1 aromatic rings. The second-order valence-electron chi connectivity index (χ2n) is 2.84. The largest absolute Gasteiger partial charge is 0.250 e. The van der Waals surface area contributed by atoms with Crippen LogP contribution in [0.25, 0.3) is 0 Å². The second-order valence-corrected chi connectivity index (χ2v) is 4.52. The molecule has 1 aromatic heterocycles. The summed E-state index contributed by atoms with van der Waals surface area (Å²) >= 11 is 6.02. The van der Waals surface area contributed by atoms with E-state index < -0.39 is 0 Å². The van der Waals surface area contributed by atoms with Gasteiger partial charge in [0.2, 0.25) is 0 Å². The zero-order valence-corrected chi connectivity index (χ0v) is 8.58. The molecule has 1 heterocycles. The molecule has 0 N–H and O–H groups in total. The molecule has 0 aromatic carbocycles. The Morgan fingerprint density at radius 1 is 1.73 bits per heavy atom. The number of aryl methyl sites for hydroxylation is 1. The van der Waals surface area contributed by atoms with E-state index in [-0.39, 0.29) is 0 Å². The van der Waals surface area contributed by atoms with E-state index in [4.69, 9.17) is 0 Å². The third-order valence-corrected chi connectivity index (χ3v) is 3.09. The Morgan fingerprint density at radius 2 is 2.45 bits per heavy atom. The summed E-state index contributed by atoms with van der Waals surface area (Å²) in [6, 6.07) is 0. The van der Waals surface area contributed by atoms with Gasteiger partial charge >= 0.3 is 0 Å². The summed E-state index contributed by atoms with van der Waals surface area (Å²) < 4.78 is 0. The van der Waals surface area contributed by atoms with Crippen molar-refractivity contribution in [3.63, 3.8) is 0 Å². The molecular formula is C8H13NS2. The van der Waals surface area contributed by atoms with Gasteiger partial charge < -0.3 is 0 Å². The van der Waals surface area contributed by atoms with Crippen LogP contribution in [-0.2, 0) is 6.42 Å². The van der Waals surface area contributed by atoms with E-state index in [1.54, 1.807) is 11.3 Å². The lowest BCUT2D eigenvalue weighted by molar-refractivity contribution is 0.667. The highest BCUT2D eigenvalue weighted by Gasteiger charge is 2.03. The number of nitrogens with zero attached hydrogens (tertiary/aromatic N) is 1. The Kier molecular flexibility index (Phi) is 3.40. The average Bonchev–Trinajstić information content (AvgIpc) is 2.35. The van der Waals surface area contributed by atoms with Gasteiger partial charge in [-0.15, -0.1) is 11.3 Å². The molecule has 0 saturated carbocycles. The summed E-state index contributed by atoms with van der Waals surface area (Å²) in [6.07, 6.45) is 3.09. The van der Waals surface area contributed by atoms with E-state index in [0.29, 0.717) is 5.92 Å². The maximum Gasteiger partial charge on any atom is 0.0896 e. The van der Waals surface area contributed by atoms with Gasteiger partial charge in [-0.25, -0.2) is 4.98 Å². The van der Waals surface area contributed by atoms with Crippen LogP contribution in [0.4, 0.5) is 0 Å². The van der Waals surface area contributed by atoms with Crippen LogP contribution in [-0.4, -0.2) is 10.7 Å². The molecule has 0 aliphatic rings. The van der Waals surface area contributed by atoms with Crippen LogP contribution in [0.2, 0.25) is 0 Å². The van der Waals surface area contributed by atoms with Crippen LogP contribution >= 0.6 is 24.0 Å². The summed E-state index contributed by atoms with van der Waals surface area (Å²) in [6.45, 7) is 4.25. The fourth-order valence-corrected chi connectivity index (χ4v) is 1.99. The Balaban J connectivity index is 2.50. The van der Waals surface area contributed by atoms with Crippen molar-refractivity contribution >= 4 is 24.0 Å². The lowest BCUT2D eigenvalue weighted by atomic mass is 10.1. The summed E-state index contributed by atoms with van der Waals surface area (Å²) in [5.41, 5.74) is 0. The summed E-state index contributed by atoms with van der Waals surface area (Å²) in [4.78, 5) is 5.58. The Bertz CT molecular complexity index is 220. The maximum atomic E-state index is 4.24. The van der Waals surface area contributed by atoms with Gasteiger partial charge in [0, 0.05) is 11.1 Å². The van der Waals surface area contributed by atoms with Gasteiger partial charge in [-0.1, -0.05) is 6.92 Å². The molecule has 0 aliphatic heterocycles. The number of hydrogen-bond acceptors (Lipinski definition) is 3. The van der Waals surface area contributed by atoms with Gasteiger partial charge in [-0.3, -0.25) is 0 Å². The van der Waals surface area contributed by atoms with Crippen molar-refractivity contribution in [2.75, 3.05) is 5.75 Å². The highest BCUT2D eigenvalue weighted by atomic mass is 32.1. The molecular weight excluding hydrogens is 174 g/mol. The first-order valence-electron chi connectivity index (χ1n) is 3.74. The molecule has 0 aliphatic carbocycles. The molecule has 0 spiro atoms. The fourth-order valence-electron chi connectivity index (χ4n) is 0.908. The van der Waals surface area contributed by atoms with E-state index in [1.807, 2.05) is 13.1 Å². The zero-order chi connectivity index (χ0) is 8.27. The van der Waals surface area contributed by atoms with E-state index in [0.717, 1.165) is 17.2 Å². The van der Waals surface area contributed by atoms with Crippen molar-refractivity contribution in [1.82, 2.24) is 4.98 Å². The predicted octanol–water partition coefficient (Wildman–Crippen LogP) is 2.56. The first-order chi connectivity index (χ1) is 5.22. The molecule has 0 saturated heterocycles. The minimum atomic E-state index is 0.665. The molecule has 0 radical (unpaired) electrons. The van der Waals surface area contributed by atoms with E-state index >= 15 is 0 Å². The van der Waals surface area contributed by atoms with Gasteiger partial charge in [0.1, 0.15) is 0 Å². The van der Waals surface area contributed by atoms with Gasteiger partial charge in [-0.05, 0) is 25.0 Å². The van der Waals surface area contributed by atoms with Gasteiger partial charge in [0.25, 0.3) is 0 Å². The normalized spacial score (nSPS) is 13.4. The Morgan fingerprint density at radius 3 is 2.91 bits per heavy atom. The van der Waals surface area contributed by atoms with Crippen LogP contribution in [0, 0.1) is 12.8 Å². The number of aromatic nitrogens is 1. The Labute approximate surface area is 77.3 Å². The number of rotatable bonds is 3.